The fourth-order valence-corrected chi connectivity index (χ4v) is 4.57. The Morgan fingerprint density at radius 2 is 1.86 bits per heavy atom. The smallest absolute Gasteiger partial charge is 0.169 e. The summed E-state index contributed by atoms with van der Waals surface area (Å²) < 4.78 is 2.37. The summed E-state index contributed by atoms with van der Waals surface area (Å²) in [5, 5.41) is 4.24. The molecule has 0 spiro atoms. The van der Waals surface area contributed by atoms with Crippen LogP contribution in [0.15, 0.2) is 54.7 Å². The van der Waals surface area contributed by atoms with Crippen molar-refractivity contribution in [1.29, 1.82) is 0 Å². The van der Waals surface area contributed by atoms with Crippen LogP contribution >= 0.6 is 12.2 Å². The van der Waals surface area contributed by atoms with Crippen LogP contribution in [0.25, 0.3) is 5.69 Å². The molecule has 144 valence electrons. The number of benzene rings is 1. The number of aryl methyl sites for hydroxylation is 2. The first-order chi connectivity index (χ1) is 13.5. The first-order valence-electron chi connectivity index (χ1n) is 9.74. The number of hydrogen-bond donors (Lipinski definition) is 1. The first-order valence-corrected chi connectivity index (χ1v) is 10.1. The molecule has 0 bridgehead atoms. The molecule has 28 heavy (non-hydrogen) atoms. The maximum absolute atomic E-state index is 5.59. The van der Waals surface area contributed by atoms with Gasteiger partial charge in [-0.05, 0) is 67.9 Å². The quantitative estimate of drug-likeness (QED) is 0.657. The highest BCUT2D eigenvalue weighted by Gasteiger charge is 2.39. The number of nitrogens with one attached hydrogen (secondary N) is 1. The lowest BCUT2D eigenvalue weighted by atomic mass is 9.97. The van der Waals surface area contributed by atoms with Crippen LogP contribution in [0.2, 0.25) is 0 Å². The lowest BCUT2D eigenvalue weighted by Gasteiger charge is -2.24. The standard InChI is InChI=1S/C23H26N4S/c1-5-17-10-6-7-12-20(17)27-15(2)14-18(16(27)3)22-21(25-23(28)26(22)4)19-11-8-9-13-24-19/h6-14,21-22H,5H2,1-4H3,(H,25,28)/t21-,22+/m1/s1. The number of hydrogen-bond acceptors (Lipinski definition) is 2. The summed E-state index contributed by atoms with van der Waals surface area (Å²) in [4.78, 5) is 6.75. The molecule has 0 saturated carbocycles. The molecule has 1 N–H and O–H groups in total. The van der Waals surface area contributed by atoms with Gasteiger partial charge in [0.25, 0.3) is 0 Å². The summed E-state index contributed by atoms with van der Waals surface area (Å²) >= 11 is 5.59. The van der Waals surface area contributed by atoms with E-state index in [4.69, 9.17) is 12.2 Å². The van der Waals surface area contributed by atoms with Crippen molar-refractivity contribution >= 4 is 17.3 Å². The Morgan fingerprint density at radius 3 is 2.57 bits per heavy atom. The van der Waals surface area contributed by atoms with Crippen molar-refractivity contribution in [3.05, 3.63) is 82.9 Å². The molecule has 0 amide bonds. The molecule has 1 aromatic carbocycles. The van der Waals surface area contributed by atoms with Crippen LogP contribution in [-0.4, -0.2) is 26.6 Å². The topological polar surface area (TPSA) is 33.1 Å². The van der Waals surface area contributed by atoms with Crippen molar-refractivity contribution in [2.75, 3.05) is 7.05 Å². The van der Waals surface area contributed by atoms with Crippen LogP contribution in [0.1, 0.15) is 47.2 Å². The molecule has 4 nitrogen and oxygen atoms in total. The number of thiocarbonyl (C=S) groups is 1. The zero-order valence-electron chi connectivity index (χ0n) is 16.8. The second-order valence-electron chi connectivity index (χ2n) is 7.38. The van der Waals surface area contributed by atoms with Gasteiger partial charge in [0.05, 0.1) is 17.8 Å². The average Bonchev–Trinajstić information content (AvgIpc) is 3.17. The van der Waals surface area contributed by atoms with Crippen LogP contribution < -0.4 is 5.32 Å². The summed E-state index contributed by atoms with van der Waals surface area (Å²) in [5.41, 5.74) is 7.40. The van der Waals surface area contributed by atoms with E-state index in [-0.39, 0.29) is 12.1 Å². The Hall–Kier alpha value is -2.66. The number of pyridine rings is 1. The third-order valence-electron chi connectivity index (χ3n) is 5.74. The predicted molar refractivity (Wildman–Crippen MR) is 118 cm³/mol. The SMILES string of the molecule is CCc1ccccc1-n1c(C)cc([C@H]2[C@@H](c3ccccn3)NC(=S)N2C)c1C. The molecule has 0 unspecified atom stereocenters. The minimum absolute atomic E-state index is 0.0362. The van der Waals surface area contributed by atoms with Crippen LogP contribution in [0.5, 0.6) is 0 Å². The summed E-state index contributed by atoms with van der Waals surface area (Å²) in [6.45, 7) is 6.59. The number of nitrogens with zero attached hydrogens (tertiary/aromatic N) is 3. The van der Waals surface area contributed by atoms with Crippen molar-refractivity contribution < 1.29 is 0 Å². The predicted octanol–water partition coefficient (Wildman–Crippen LogP) is 4.65. The van der Waals surface area contributed by atoms with Crippen molar-refractivity contribution in [2.45, 2.75) is 39.3 Å². The summed E-state index contributed by atoms with van der Waals surface area (Å²) in [6.07, 6.45) is 2.85. The van der Waals surface area contributed by atoms with Gasteiger partial charge in [-0.15, -0.1) is 0 Å². The minimum Gasteiger partial charge on any atom is -0.352 e. The Kier molecular flexibility index (Phi) is 4.94. The summed E-state index contributed by atoms with van der Waals surface area (Å²) in [6, 6.07) is 17.1. The van der Waals surface area contributed by atoms with E-state index in [9.17, 15) is 0 Å². The van der Waals surface area contributed by atoms with E-state index < -0.39 is 0 Å². The monoisotopic (exact) mass is 390 g/mol. The molecule has 0 aliphatic carbocycles. The number of rotatable bonds is 4. The van der Waals surface area contributed by atoms with Gasteiger partial charge in [-0.2, -0.15) is 0 Å². The fourth-order valence-electron chi connectivity index (χ4n) is 4.33. The van der Waals surface area contributed by atoms with E-state index in [0.29, 0.717) is 0 Å². The van der Waals surface area contributed by atoms with Crippen LogP contribution in [-0.2, 0) is 6.42 Å². The second kappa shape index (κ2) is 7.40. The fraction of sp³-hybridized carbons (Fsp3) is 0.304. The normalized spacial score (nSPS) is 19.1. The number of aromatic nitrogens is 2. The van der Waals surface area contributed by atoms with E-state index in [0.717, 1.165) is 17.2 Å². The molecule has 3 aromatic rings. The third-order valence-corrected chi connectivity index (χ3v) is 6.15. The van der Waals surface area contributed by atoms with E-state index in [1.807, 2.05) is 18.3 Å². The lowest BCUT2D eigenvalue weighted by Crippen LogP contribution is -2.25. The van der Waals surface area contributed by atoms with Crippen LogP contribution in [0, 0.1) is 13.8 Å². The van der Waals surface area contributed by atoms with Gasteiger partial charge in [0.1, 0.15) is 0 Å². The molecular formula is C23H26N4S. The molecule has 1 fully saturated rings. The number of para-hydroxylation sites is 1. The van der Waals surface area contributed by atoms with Gasteiger partial charge in [-0.1, -0.05) is 31.2 Å². The molecule has 5 heteroatoms. The molecule has 2 atom stereocenters. The summed E-state index contributed by atoms with van der Waals surface area (Å²) in [7, 11) is 2.06. The van der Waals surface area contributed by atoms with E-state index >= 15 is 0 Å². The van der Waals surface area contributed by atoms with Crippen molar-refractivity contribution in [3.63, 3.8) is 0 Å². The van der Waals surface area contributed by atoms with Gasteiger partial charge in [-0.25, -0.2) is 0 Å². The van der Waals surface area contributed by atoms with Gasteiger partial charge in [0.15, 0.2) is 5.11 Å². The molecule has 0 radical (unpaired) electrons. The van der Waals surface area contributed by atoms with Gasteiger partial charge in [-0.3, -0.25) is 4.98 Å². The van der Waals surface area contributed by atoms with Gasteiger partial charge >= 0.3 is 0 Å². The number of likely N-dealkylation sites (N-methyl/N-ethyl adjacent to an activating group) is 1. The molecule has 1 aliphatic rings. The van der Waals surface area contributed by atoms with Crippen LogP contribution in [0.3, 0.4) is 0 Å². The highest BCUT2D eigenvalue weighted by atomic mass is 32.1. The largest absolute Gasteiger partial charge is 0.352 e. The van der Waals surface area contributed by atoms with Gasteiger partial charge in [0, 0.05) is 30.3 Å². The average molecular weight is 391 g/mol. The van der Waals surface area contributed by atoms with Crippen LogP contribution in [0.4, 0.5) is 0 Å². The zero-order valence-corrected chi connectivity index (χ0v) is 17.6. The maximum Gasteiger partial charge on any atom is 0.169 e. The zero-order chi connectivity index (χ0) is 19.8. The van der Waals surface area contributed by atoms with Crippen molar-refractivity contribution in [3.8, 4) is 5.69 Å². The van der Waals surface area contributed by atoms with E-state index in [1.165, 1.54) is 28.2 Å². The Bertz CT molecular complexity index is 1010. The Labute approximate surface area is 172 Å². The Morgan fingerprint density at radius 1 is 1.11 bits per heavy atom. The molecule has 1 saturated heterocycles. The van der Waals surface area contributed by atoms with Gasteiger partial charge in [0.2, 0.25) is 0 Å². The maximum atomic E-state index is 5.59. The Balaban J connectivity index is 1.84. The minimum atomic E-state index is 0.0362. The summed E-state index contributed by atoms with van der Waals surface area (Å²) in [5.74, 6) is 0. The first kappa shape index (κ1) is 18.7. The van der Waals surface area contributed by atoms with Crippen molar-refractivity contribution in [2.24, 2.45) is 0 Å². The molecule has 4 rings (SSSR count). The van der Waals surface area contributed by atoms with Crippen molar-refractivity contribution in [1.82, 2.24) is 19.8 Å². The van der Waals surface area contributed by atoms with E-state index in [2.05, 4.69) is 84.0 Å². The molecule has 3 heterocycles. The highest BCUT2D eigenvalue weighted by Crippen LogP contribution is 2.40. The molecule has 2 aromatic heterocycles. The van der Waals surface area contributed by atoms with E-state index in [1.54, 1.807) is 0 Å². The van der Waals surface area contributed by atoms with Gasteiger partial charge < -0.3 is 14.8 Å². The molecular weight excluding hydrogens is 364 g/mol. The second-order valence-corrected chi connectivity index (χ2v) is 7.77. The third kappa shape index (κ3) is 3.00. The highest BCUT2D eigenvalue weighted by molar-refractivity contribution is 7.80. The lowest BCUT2D eigenvalue weighted by molar-refractivity contribution is 0.367. The molecule has 1 aliphatic heterocycles.